The number of rotatable bonds is 4. The molecule has 0 spiro atoms. The molecule has 4 rings (SSSR count). The van der Waals surface area contributed by atoms with Gasteiger partial charge < -0.3 is 14.7 Å². The number of carbonyl (C=O) groups excluding carboxylic acids is 3. The largest absolute Gasteiger partial charge is 0.338 e. The van der Waals surface area contributed by atoms with Gasteiger partial charge in [-0.1, -0.05) is 29.8 Å². The van der Waals surface area contributed by atoms with E-state index < -0.39 is 11.8 Å². The Morgan fingerprint density at radius 1 is 0.903 bits per heavy atom. The first kappa shape index (κ1) is 21.0. The molecule has 162 valence electrons. The molecule has 0 bridgehead atoms. The smallest absolute Gasteiger partial charge is 0.312 e. The average molecular weight is 423 g/mol. The van der Waals surface area contributed by atoms with Crippen LogP contribution in [0.2, 0.25) is 0 Å². The molecule has 2 saturated heterocycles. The summed E-state index contributed by atoms with van der Waals surface area (Å²) in [4.78, 5) is 43.1. The first-order valence-electron chi connectivity index (χ1n) is 10.6. The molecule has 2 heterocycles. The molecular weight excluding hydrogens is 397 g/mol. The Morgan fingerprint density at radius 2 is 1.55 bits per heavy atom. The Morgan fingerprint density at radius 3 is 2.19 bits per heavy atom. The maximum Gasteiger partial charge on any atom is 0.312 e. The fraction of sp³-hybridized carbons (Fsp3) is 0.375. The molecule has 0 aliphatic carbocycles. The van der Waals surface area contributed by atoms with Crippen molar-refractivity contribution in [1.29, 1.82) is 0 Å². The van der Waals surface area contributed by atoms with Gasteiger partial charge in [0.1, 0.15) is 5.82 Å². The fourth-order valence-electron chi connectivity index (χ4n) is 4.26. The van der Waals surface area contributed by atoms with Gasteiger partial charge in [-0.15, -0.1) is 0 Å². The van der Waals surface area contributed by atoms with Crippen LogP contribution in [0, 0.1) is 12.7 Å². The molecule has 2 aliphatic heterocycles. The van der Waals surface area contributed by atoms with E-state index in [0.717, 1.165) is 11.1 Å². The zero-order valence-electron chi connectivity index (χ0n) is 17.6. The van der Waals surface area contributed by atoms with Gasteiger partial charge in [0.2, 0.25) is 0 Å². The molecule has 7 heteroatoms. The summed E-state index contributed by atoms with van der Waals surface area (Å²) in [6.07, 6.45) is 1.32. The normalized spacial score (nSPS) is 17.9. The number of hydrogen-bond acceptors (Lipinski definition) is 3. The van der Waals surface area contributed by atoms with Crippen molar-refractivity contribution < 1.29 is 18.8 Å². The second kappa shape index (κ2) is 8.88. The number of benzene rings is 2. The van der Waals surface area contributed by atoms with E-state index in [1.165, 1.54) is 17.0 Å². The summed E-state index contributed by atoms with van der Waals surface area (Å²) < 4.78 is 13.1. The van der Waals surface area contributed by atoms with E-state index in [2.05, 4.69) is 0 Å². The first-order chi connectivity index (χ1) is 14.9. The summed E-state index contributed by atoms with van der Waals surface area (Å²) in [6, 6.07) is 13.4. The topological polar surface area (TPSA) is 60.9 Å². The number of piperidine rings is 1. The van der Waals surface area contributed by atoms with E-state index in [4.69, 9.17) is 0 Å². The van der Waals surface area contributed by atoms with Crippen molar-refractivity contribution in [3.8, 4) is 0 Å². The van der Waals surface area contributed by atoms with E-state index in [1.807, 2.05) is 36.1 Å². The molecule has 3 amide bonds. The minimum absolute atomic E-state index is 0.00460. The lowest BCUT2D eigenvalue weighted by molar-refractivity contribution is -0.158. The van der Waals surface area contributed by atoms with Gasteiger partial charge in [-0.25, -0.2) is 4.39 Å². The summed E-state index contributed by atoms with van der Waals surface area (Å²) >= 11 is 0. The third-order valence-corrected chi connectivity index (χ3v) is 6.12. The second-order valence-electron chi connectivity index (χ2n) is 8.24. The molecule has 0 N–H and O–H groups in total. The van der Waals surface area contributed by atoms with Crippen molar-refractivity contribution in [2.24, 2.45) is 0 Å². The van der Waals surface area contributed by atoms with Gasteiger partial charge >= 0.3 is 11.8 Å². The van der Waals surface area contributed by atoms with Crippen LogP contribution in [-0.2, 0) is 16.1 Å². The van der Waals surface area contributed by atoms with E-state index in [1.54, 1.807) is 17.0 Å². The lowest BCUT2D eigenvalue weighted by Crippen LogP contribution is -2.59. The van der Waals surface area contributed by atoms with E-state index >= 15 is 0 Å². The van der Waals surface area contributed by atoms with E-state index in [-0.39, 0.29) is 17.8 Å². The number of aryl methyl sites for hydroxylation is 1. The van der Waals surface area contributed by atoms with Crippen LogP contribution >= 0.6 is 0 Å². The standard InChI is InChI=1S/C24H26FN3O3/c1-17-2-6-19(7-3-17)22(29)26-12-10-21(11-13-26)28-15-14-27(23(30)24(28)31)16-18-4-8-20(25)9-5-18/h2-9,21H,10-16H2,1H3. The van der Waals surface area contributed by atoms with Crippen molar-refractivity contribution in [3.63, 3.8) is 0 Å². The minimum Gasteiger partial charge on any atom is -0.338 e. The second-order valence-corrected chi connectivity index (χ2v) is 8.24. The molecule has 0 aromatic heterocycles. The van der Waals surface area contributed by atoms with Crippen molar-refractivity contribution in [2.75, 3.05) is 26.2 Å². The number of piperazine rings is 1. The lowest BCUT2D eigenvalue weighted by Gasteiger charge is -2.42. The van der Waals surface area contributed by atoms with Crippen LogP contribution in [0.5, 0.6) is 0 Å². The SMILES string of the molecule is Cc1ccc(C(=O)N2CCC(N3CCN(Cc4ccc(F)cc4)C(=O)C3=O)CC2)cc1. The van der Waals surface area contributed by atoms with Gasteiger partial charge in [0.15, 0.2) is 0 Å². The first-order valence-corrected chi connectivity index (χ1v) is 10.6. The van der Waals surface area contributed by atoms with Crippen molar-refractivity contribution in [2.45, 2.75) is 32.4 Å². The average Bonchev–Trinajstić information content (AvgIpc) is 2.79. The Labute approximate surface area is 181 Å². The van der Waals surface area contributed by atoms with Gasteiger partial charge in [0.25, 0.3) is 5.91 Å². The number of likely N-dealkylation sites (tertiary alicyclic amines) is 1. The van der Waals surface area contributed by atoms with Crippen LogP contribution in [0.3, 0.4) is 0 Å². The number of nitrogens with zero attached hydrogens (tertiary/aromatic N) is 3. The summed E-state index contributed by atoms with van der Waals surface area (Å²) in [7, 11) is 0. The molecule has 31 heavy (non-hydrogen) atoms. The molecule has 0 unspecified atom stereocenters. The van der Waals surface area contributed by atoms with Gasteiger partial charge in [-0.2, -0.15) is 0 Å². The predicted octanol–water partition coefficient (Wildman–Crippen LogP) is 2.61. The third-order valence-electron chi connectivity index (χ3n) is 6.12. The highest BCUT2D eigenvalue weighted by Crippen LogP contribution is 2.22. The monoisotopic (exact) mass is 423 g/mol. The quantitative estimate of drug-likeness (QED) is 0.711. The Hall–Kier alpha value is -3.22. The lowest BCUT2D eigenvalue weighted by atomic mass is 10.0. The molecule has 6 nitrogen and oxygen atoms in total. The van der Waals surface area contributed by atoms with Gasteiger partial charge in [0, 0.05) is 44.3 Å². The van der Waals surface area contributed by atoms with Gasteiger partial charge in [-0.3, -0.25) is 14.4 Å². The summed E-state index contributed by atoms with van der Waals surface area (Å²) in [5.74, 6) is -1.33. The fourth-order valence-corrected chi connectivity index (χ4v) is 4.26. The molecule has 2 fully saturated rings. The zero-order chi connectivity index (χ0) is 22.0. The summed E-state index contributed by atoms with van der Waals surface area (Å²) in [5, 5.41) is 0. The number of amides is 3. The van der Waals surface area contributed by atoms with Crippen molar-refractivity contribution >= 4 is 17.7 Å². The Kier molecular flexibility index (Phi) is 6.02. The van der Waals surface area contributed by atoms with Crippen LogP contribution in [0.1, 0.15) is 34.3 Å². The maximum atomic E-state index is 13.1. The predicted molar refractivity (Wildman–Crippen MR) is 114 cm³/mol. The zero-order valence-corrected chi connectivity index (χ0v) is 17.6. The highest BCUT2D eigenvalue weighted by molar-refractivity contribution is 6.35. The molecule has 2 aliphatic rings. The number of halogens is 1. The third kappa shape index (κ3) is 4.60. The Balaban J connectivity index is 1.32. The molecule has 2 aromatic carbocycles. The van der Waals surface area contributed by atoms with E-state index in [0.29, 0.717) is 51.1 Å². The van der Waals surface area contributed by atoms with Crippen LogP contribution in [0.15, 0.2) is 48.5 Å². The van der Waals surface area contributed by atoms with Crippen molar-refractivity contribution in [3.05, 3.63) is 71.0 Å². The highest BCUT2D eigenvalue weighted by Gasteiger charge is 2.38. The van der Waals surface area contributed by atoms with Gasteiger partial charge in [-0.05, 0) is 49.6 Å². The summed E-state index contributed by atoms with van der Waals surface area (Å²) in [5.41, 5.74) is 2.57. The number of carbonyl (C=O) groups is 3. The minimum atomic E-state index is -0.520. The van der Waals surface area contributed by atoms with Crippen LogP contribution in [-0.4, -0.2) is 64.6 Å². The number of hydrogen-bond donors (Lipinski definition) is 0. The molecule has 0 saturated carbocycles. The highest BCUT2D eigenvalue weighted by atomic mass is 19.1. The Bertz CT molecular complexity index is 967. The van der Waals surface area contributed by atoms with Crippen LogP contribution in [0.25, 0.3) is 0 Å². The van der Waals surface area contributed by atoms with Crippen LogP contribution in [0.4, 0.5) is 4.39 Å². The van der Waals surface area contributed by atoms with Crippen LogP contribution < -0.4 is 0 Å². The molecule has 2 aromatic rings. The summed E-state index contributed by atoms with van der Waals surface area (Å²) in [6.45, 7) is 4.33. The van der Waals surface area contributed by atoms with E-state index in [9.17, 15) is 18.8 Å². The van der Waals surface area contributed by atoms with Gasteiger partial charge in [0.05, 0.1) is 0 Å². The molecular formula is C24H26FN3O3. The maximum absolute atomic E-state index is 13.1. The molecule has 0 atom stereocenters. The molecule has 0 radical (unpaired) electrons. The van der Waals surface area contributed by atoms with Crippen molar-refractivity contribution in [1.82, 2.24) is 14.7 Å².